The van der Waals surface area contributed by atoms with Crippen LogP contribution in [-0.2, 0) is 13.6 Å². The van der Waals surface area contributed by atoms with Crippen LogP contribution in [0.15, 0.2) is 36.5 Å². The maximum Gasteiger partial charge on any atom is 0.121 e. The summed E-state index contributed by atoms with van der Waals surface area (Å²) in [7, 11) is 1.94. The minimum atomic E-state index is 0.533. The predicted octanol–water partition coefficient (Wildman–Crippen LogP) is 3.07. The second-order valence-electron chi connectivity index (χ2n) is 5.03. The molecular weight excluding hydrogens is 238 g/mol. The zero-order valence-electron chi connectivity index (χ0n) is 11.8. The molecule has 0 bridgehead atoms. The first-order chi connectivity index (χ1) is 9.15. The van der Waals surface area contributed by atoms with Gasteiger partial charge < -0.3 is 10.1 Å². The summed E-state index contributed by atoms with van der Waals surface area (Å²) in [4.78, 5) is 0. The standard InChI is InChI=1S/C15H21N3O/c1-12(2)11-19-15-6-4-5-13(9-15)16-10-14-7-8-17-18(14)3/h4-9,12,16H,10-11H2,1-3H3. The Kier molecular flexibility index (Phi) is 4.44. The van der Waals surface area contributed by atoms with E-state index in [9.17, 15) is 0 Å². The Labute approximate surface area is 114 Å². The molecule has 19 heavy (non-hydrogen) atoms. The fourth-order valence-electron chi connectivity index (χ4n) is 1.73. The first-order valence-corrected chi connectivity index (χ1v) is 6.59. The van der Waals surface area contributed by atoms with Crippen molar-refractivity contribution in [1.29, 1.82) is 0 Å². The summed E-state index contributed by atoms with van der Waals surface area (Å²) in [5, 5.41) is 7.52. The third kappa shape index (κ3) is 4.02. The number of aromatic nitrogens is 2. The van der Waals surface area contributed by atoms with Crippen LogP contribution in [-0.4, -0.2) is 16.4 Å². The molecule has 2 rings (SSSR count). The highest BCUT2D eigenvalue weighted by Crippen LogP contribution is 2.18. The molecule has 0 atom stereocenters. The highest BCUT2D eigenvalue weighted by atomic mass is 16.5. The minimum absolute atomic E-state index is 0.533. The SMILES string of the molecule is CC(C)COc1cccc(NCc2ccnn2C)c1. The summed E-state index contributed by atoms with van der Waals surface area (Å²) in [5.74, 6) is 1.44. The average Bonchev–Trinajstić information content (AvgIpc) is 2.80. The molecule has 0 saturated heterocycles. The number of hydrogen-bond acceptors (Lipinski definition) is 3. The molecule has 0 saturated carbocycles. The maximum atomic E-state index is 5.71. The largest absolute Gasteiger partial charge is 0.493 e. The zero-order valence-corrected chi connectivity index (χ0v) is 11.8. The quantitative estimate of drug-likeness (QED) is 0.866. The van der Waals surface area contributed by atoms with Gasteiger partial charge in [0.05, 0.1) is 18.8 Å². The van der Waals surface area contributed by atoms with Crippen molar-refractivity contribution in [1.82, 2.24) is 9.78 Å². The van der Waals surface area contributed by atoms with Crippen LogP contribution in [0.4, 0.5) is 5.69 Å². The third-order valence-corrected chi connectivity index (χ3v) is 2.81. The van der Waals surface area contributed by atoms with Crippen LogP contribution in [0, 0.1) is 5.92 Å². The second-order valence-corrected chi connectivity index (χ2v) is 5.03. The molecule has 0 aliphatic rings. The molecule has 0 unspecified atom stereocenters. The Bertz CT molecular complexity index is 520. The van der Waals surface area contributed by atoms with Gasteiger partial charge in [0.2, 0.25) is 0 Å². The van der Waals surface area contributed by atoms with E-state index in [1.165, 1.54) is 0 Å². The number of ether oxygens (including phenoxy) is 1. The van der Waals surface area contributed by atoms with E-state index in [-0.39, 0.29) is 0 Å². The van der Waals surface area contributed by atoms with Crippen LogP contribution in [0.1, 0.15) is 19.5 Å². The van der Waals surface area contributed by atoms with E-state index < -0.39 is 0 Å². The smallest absolute Gasteiger partial charge is 0.121 e. The molecule has 0 spiro atoms. The van der Waals surface area contributed by atoms with Crippen LogP contribution in [0.3, 0.4) is 0 Å². The van der Waals surface area contributed by atoms with Crippen molar-refractivity contribution in [2.45, 2.75) is 20.4 Å². The number of nitrogens with zero attached hydrogens (tertiary/aromatic N) is 2. The number of benzene rings is 1. The number of rotatable bonds is 6. The lowest BCUT2D eigenvalue weighted by atomic mass is 10.2. The van der Waals surface area contributed by atoms with Crippen LogP contribution < -0.4 is 10.1 Å². The lowest BCUT2D eigenvalue weighted by Gasteiger charge is -2.11. The van der Waals surface area contributed by atoms with Gasteiger partial charge in [-0.05, 0) is 24.1 Å². The van der Waals surface area contributed by atoms with Crippen molar-refractivity contribution in [2.24, 2.45) is 13.0 Å². The Balaban J connectivity index is 1.93. The van der Waals surface area contributed by atoms with E-state index in [4.69, 9.17) is 4.74 Å². The molecule has 102 valence electrons. The maximum absolute atomic E-state index is 5.71. The molecule has 4 nitrogen and oxygen atoms in total. The molecule has 1 N–H and O–H groups in total. The summed E-state index contributed by atoms with van der Waals surface area (Å²) < 4.78 is 7.58. The van der Waals surface area contributed by atoms with Crippen molar-refractivity contribution in [3.8, 4) is 5.75 Å². The summed E-state index contributed by atoms with van der Waals surface area (Å²) in [5.41, 5.74) is 2.20. The molecule has 0 aliphatic carbocycles. The Morgan fingerprint density at radius 2 is 2.16 bits per heavy atom. The Morgan fingerprint density at radius 3 is 2.84 bits per heavy atom. The number of hydrogen-bond donors (Lipinski definition) is 1. The van der Waals surface area contributed by atoms with E-state index in [1.54, 1.807) is 6.20 Å². The molecule has 0 aliphatic heterocycles. The van der Waals surface area contributed by atoms with Gasteiger partial charge in [0.1, 0.15) is 5.75 Å². The molecular formula is C15H21N3O. The third-order valence-electron chi connectivity index (χ3n) is 2.81. The molecule has 0 fully saturated rings. The summed E-state index contributed by atoms with van der Waals surface area (Å²) in [6.45, 7) is 5.78. The summed E-state index contributed by atoms with van der Waals surface area (Å²) in [6.07, 6.45) is 1.80. The average molecular weight is 259 g/mol. The lowest BCUT2D eigenvalue weighted by molar-refractivity contribution is 0.271. The van der Waals surface area contributed by atoms with Crippen LogP contribution in [0.25, 0.3) is 0 Å². The number of nitrogens with one attached hydrogen (secondary N) is 1. The number of aryl methyl sites for hydroxylation is 1. The zero-order chi connectivity index (χ0) is 13.7. The van der Waals surface area contributed by atoms with Crippen molar-refractivity contribution >= 4 is 5.69 Å². The van der Waals surface area contributed by atoms with E-state index >= 15 is 0 Å². The first-order valence-electron chi connectivity index (χ1n) is 6.59. The Hall–Kier alpha value is -1.97. The van der Waals surface area contributed by atoms with Crippen molar-refractivity contribution in [3.63, 3.8) is 0 Å². The van der Waals surface area contributed by atoms with Crippen LogP contribution in [0.2, 0.25) is 0 Å². The number of anilines is 1. The molecule has 4 heteroatoms. The molecule has 1 aromatic heterocycles. The minimum Gasteiger partial charge on any atom is -0.493 e. The molecule has 1 aromatic carbocycles. The van der Waals surface area contributed by atoms with Crippen LogP contribution in [0.5, 0.6) is 5.75 Å². The van der Waals surface area contributed by atoms with Gasteiger partial charge in [-0.15, -0.1) is 0 Å². The molecule has 0 radical (unpaired) electrons. The molecule has 1 heterocycles. The predicted molar refractivity (Wildman–Crippen MR) is 77.3 cm³/mol. The summed E-state index contributed by atoms with van der Waals surface area (Å²) in [6, 6.07) is 10.1. The van der Waals surface area contributed by atoms with Gasteiger partial charge >= 0.3 is 0 Å². The van der Waals surface area contributed by atoms with Gasteiger partial charge in [-0.2, -0.15) is 5.10 Å². The molecule has 2 aromatic rings. The van der Waals surface area contributed by atoms with Crippen molar-refractivity contribution in [3.05, 3.63) is 42.2 Å². The lowest BCUT2D eigenvalue weighted by Crippen LogP contribution is -2.06. The first kappa shape index (κ1) is 13.5. The van der Waals surface area contributed by atoms with E-state index in [0.29, 0.717) is 5.92 Å². The van der Waals surface area contributed by atoms with Crippen molar-refractivity contribution in [2.75, 3.05) is 11.9 Å². The fourth-order valence-corrected chi connectivity index (χ4v) is 1.73. The van der Waals surface area contributed by atoms with Crippen LogP contribution >= 0.6 is 0 Å². The van der Waals surface area contributed by atoms with Gasteiger partial charge in [0.25, 0.3) is 0 Å². The summed E-state index contributed by atoms with van der Waals surface area (Å²) >= 11 is 0. The van der Waals surface area contributed by atoms with E-state index in [1.807, 2.05) is 42.1 Å². The van der Waals surface area contributed by atoms with E-state index in [2.05, 4.69) is 24.3 Å². The highest BCUT2D eigenvalue weighted by Gasteiger charge is 2.01. The monoisotopic (exact) mass is 259 g/mol. The van der Waals surface area contributed by atoms with Gasteiger partial charge in [0, 0.05) is 25.0 Å². The topological polar surface area (TPSA) is 39.1 Å². The van der Waals surface area contributed by atoms with Gasteiger partial charge in [-0.1, -0.05) is 19.9 Å². The normalized spacial score (nSPS) is 10.7. The highest BCUT2D eigenvalue weighted by molar-refractivity contribution is 5.48. The van der Waals surface area contributed by atoms with Crippen molar-refractivity contribution < 1.29 is 4.74 Å². The fraction of sp³-hybridized carbons (Fsp3) is 0.400. The molecule has 0 amide bonds. The van der Waals surface area contributed by atoms with Gasteiger partial charge in [-0.3, -0.25) is 4.68 Å². The van der Waals surface area contributed by atoms with Gasteiger partial charge in [-0.25, -0.2) is 0 Å². The van der Waals surface area contributed by atoms with Gasteiger partial charge in [0.15, 0.2) is 0 Å². The van der Waals surface area contributed by atoms with E-state index in [0.717, 1.165) is 30.3 Å². The second kappa shape index (κ2) is 6.27. The Morgan fingerprint density at radius 1 is 1.32 bits per heavy atom.